The predicted molar refractivity (Wildman–Crippen MR) is 90.2 cm³/mol. The fourth-order valence-electron chi connectivity index (χ4n) is 2.15. The van der Waals surface area contributed by atoms with Gasteiger partial charge in [-0.1, -0.05) is 0 Å². The van der Waals surface area contributed by atoms with Crippen LogP contribution in [0.25, 0.3) is 0 Å². The first kappa shape index (κ1) is 17.2. The molecule has 0 radical (unpaired) electrons. The predicted octanol–water partition coefficient (Wildman–Crippen LogP) is 3.50. The summed E-state index contributed by atoms with van der Waals surface area (Å²) in [6.45, 7) is 1.55. The summed E-state index contributed by atoms with van der Waals surface area (Å²) >= 11 is 3.15. The lowest BCUT2D eigenvalue weighted by molar-refractivity contribution is -0.123. The van der Waals surface area contributed by atoms with Gasteiger partial charge in [0.25, 0.3) is 5.91 Å². The summed E-state index contributed by atoms with van der Waals surface area (Å²) in [7, 11) is 0. The highest BCUT2D eigenvalue weighted by molar-refractivity contribution is 9.10. The van der Waals surface area contributed by atoms with Crippen molar-refractivity contribution in [1.82, 2.24) is 0 Å². The number of amides is 1. The fraction of sp³-hybridized carbons (Fsp3) is 0.176. The van der Waals surface area contributed by atoms with Crippen molar-refractivity contribution in [2.75, 3.05) is 12.1 Å². The van der Waals surface area contributed by atoms with E-state index in [1.54, 1.807) is 18.2 Å². The van der Waals surface area contributed by atoms with Gasteiger partial charge in [-0.05, 0) is 53.2 Å². The summed E-state index contributed by atoms with van der Waals surface area (Å²) < 4.78 is 29.2. The summed E-state index contributed by atoms with van der Waals surface area (Å²) in [4.78, 5) is 24.3. The third-order valence-electron chi connectivity index (χ3n) is 3.44. The molecule has 1 aliphatic heterocycles. The minimum absolute atomic E-state index is 0.00253. The Bertz CT molecular complexity index is 842. The van der Waals surface area contributed by atoms with E-state index in [1.807, 2.05) is 0 Å². The minimum atomic E-state index is -1.08. The molecular weight excluding hydrogens is 397 g/mol. The third-order valence-corrected chi connectivity index (χ3v) is 4.13. The van der Waals surface area contributed by atoms with Gasteiger partial charge in [0.05, 0.1) is 5.56 Å². The highest BCUT2D eigenvalue weighted by Crippen LogP contribution is 2.34. The molecule has 1 aliphatic rings. The first-order valence-corrected chi connectivity index (χ1v) is 8.10. The van der Waals surface area contributed by atoms with E-state index in [1.165, 1.54) is 19.1 Å². The molecule has 2 aromatic rings. The Balaban J connectivity index is 1.64. The number of rotatable bonds is 4. The van der Waals surface area contributed by atoms with Crippen LogP contribution in [0.5, 0.6) is 11.5 Å². The maximum Gasteiger partial charge on any atom is 0.340 e. The average Bonchev–Trinajstić information content (AvgIpc) is 3.04. The van der Waals surface area contributed by atoms with Crippen molar-refractivity contribution in [3.63, 3.8) is 0 Å². The molecule has 0 bridgehead atoms. The highest BCUT2D eigenvalue weighted by Gasteiger charge is 2.22. The Morgan fingerprint density at radius 3 is 2.76 bits per heavy atom. The number of hydrogen-bond donors (Lipinski definition) is 1. The van der Waals surface area contributed by atoms with E-state index in [9.17, 15) is 14.0 Å². The van der Waals surface area contributed by atoms with E-state index in [2.05, 4.69) is 21.2 Å². The van der Waals surface area contributed by atoms with Crippen molar-refractivity contribution in [2.45, 2.75) is 13.0 Å². The Kier molecular flexibility index (Phi) is 4.89. The van der Waals surface area contributed by atoms with Gasteiger partial charge in [-0.3, -0.25) is 4.79 Å². The van der Waals surface area contributed by atoms with Crippen LogP contribution in [0.1, 0.15) is 17.3 Å². The van der Waals surface area contributed by atoms with Gasteiger partial charge < -0.3 is 19.5 Å². The third kappa shape index (κ3) is 3.90. The zero-order valence-corrected chi connectivity index (χ0v) is 14.6. The lowest BCUT2D eigenvalue weighted by Crippen LogP contribution is -2.30. The van der Waals surface area contributed by atoms with E-state index in [0.29, 0.717) is 21.7 Å². The maximum atomic E-state index is 13.3. The molecule has 6 nitrogen and oxygen atoms in total. The number of fused-ring (bicyclic) bond motifs is 1. The van der Waals surface area contributed by atoms with Gasteiger partial charge in [0.2, 0.25) is 6.79 Å². The van der Waals surface area contributed by atoms with Gasteiger partial charge in [-0.15, -0.1) is 0 Å². The molecule has 130 valence electrons. The van der Waals surface area contributed by atoms with Crippen molar-refractivity contribution < 1.29 is 28.2 Å². The molecule has 1 heterocycles. The zero-order chi connectivity index (χ0) is 18.0. The Labute approximate surface area is 151 Å². The van der Waals surface area contributed by atoms with Crippen LogP contribution in [0.2, 0.25) is 0 Å². The molecule has 8 heteroatoms. The van der Waals surface area contributed by atoms with Gasteiger partial charge >= 0.3 is 5.97 Å². The second kappa shape index (κ2) is 7.10. The highest BCUT2D eigenvalue weighted by atomic mass is 79.9. The molecule has 0 unspecified atom stereocenters. The number of nitrogens with one attached hydrogen (secondary N) is 1. The van der Waals surface area contributed by atoms with E-state index in [0.717, 1.165) is 6.07 Å². The number of benzene rings is 2. The normalized spacial score (nSPS) is 13.2. The lowest BCUT2D eigenvalue weighted by Gasteiger charge is -2.14. The van der Waals surface area contributed by atoms with Crippen LogP contribution < -0.4 is 14.8 Å². The number of halogens is 2. The van der Waals surface area contributed by atoms with Crippen LogP contribution in [0.15, 0.2) is 40.9 Å². The molecule has 0 fully saturated rings. The number of carbonyl (C=O) groups is 2. The molecule has 0 spiro atoms. The minimum Gasteiger partial charge on any atom is -0.454 e. The molecule has 0 aliphatic carbocycles. The summed E-state index contributed by atoms with van der Waals surface area (Å²) in [5.41, 5.74) is 0.479. The van der Waals surface area contributed by atoms with E-state index < -0.39 is 23.8 Å². The van der Waals surface area contributed by atoms with Gasteiger partial charge in [0, 0.05) is 16.2 Å². The van der Waals surface area contributed by atoms with Gasteiger partial charge in [0.15, 0.2) is 17.6 Å². The van der Waals surface area contributed by atoms with Crippen LogP contribution in [-0.2, 0) is 9.53 Å². The summed E-state index contributed by atoms with van der Waals surface area (Å²) in [6, 6.07) is 8.55. The van der Waals surface area contributed by atoms with Crippen LogP contribution in [0.3, 0.4) is 0 Å². The smallest absolute Gasteiger partial charge is 0.340 e. The van der Waals surface area contributed by atoms with E-state index in [4.69, 9.17) is 14.2 Å². The zero-order valence-electron chi connectivity index (χ0n) is 13.0. The van der Waals surface area contributed by atoms with Crippen molar-refractivity contribution in [3.8, 4) is 11.5 Å². The lowest BCUT2D eigenvalue weighted by atomic mass is 10.2. The van der Waals surface area contributed by atoms with Gasteiger partial charge in [-0.25, -0.2) is 9.18 Å². The molecule has 25 heavy (non-hydrogen) atoms. The molecule has 0 aromatic heterocycles. The molecule has 3 rings (SSSR count). The molecular formula is C17H13BrFNO5. The van der Waals surface area contributed by atoms with Gasteiger partial charge in [0.1, 0.15) is 5.82 Å². The van der Waals surface area contributed by atoms with Crippen molar-refractivity contribution in [3.05, 3.63) is 52.3 Å². The molecule has 1 amide bonds. The Hall–Kier alpha value is -2.61. The van der Waals surface area contributed by atoms with Crippen LogP contribution >= 0.6 is 15.9 Å². The molecule has 2 aromatic carbocycles. The summed E-state index contributed by atoms with van der Waals surface area (Å²) in [5.74, 6) is -0.799. The average molecular weight is 410 g/mol. The van der Waals surface area contributed by atoms with Crippen molar-refractivity contribution >= 4 is 33.5 Å². The van der Waals surface area contributed by atoms with E-state index >= 15 is 0 Å². The van der Waals surface area contributed by atoms with Crippen molar-refractivity contribution in [1.29, 1.82) is 0 Å². The quantitative estimate of drug-likeness (QED) is 0.782. The first-order chi connectivity index (χ1) is 11.9. The monoisotopic (exact) mass is 409 g/mol. The molecule has 0 saturated carbocycles. The standard InChI is InChI=1S/C17H13BrFNO5/c1-9(25-17(22)12-6-10(19)2-4-13(12)18)16(21)20-11-3-5-14-15(7-11)24-8-23-14/h2-7,9H,8H2,1H3,(H,20,21)/t9-/m0/s1. The Morgan fingerprint density at radius 1 is 1.20 bits per heavy atom. The van der Waals surface area contributed by atoms with Crippen LogP contribution in [-0.4, -0.2) is 24.8 Å². The molecule has 0 saturated heterocycles. The second-order valence-electron chi connectivity index (χ2n) is 5.23. The molecule has 1 atom stereocenters. The van der Waals surface area contributed by atoms with Crippen LogP contribution in [0.4, 0.5) is 10.1 Å². The number of anilines is 1. The molecule has 1 N–H and O–H groups in total. The second-order valence-corrected chi connectivity index (χ2v) is 6.08. The maximum absolute atomic E-state index is 13.3. The SMILES string of the molecule is C[C@H](OC(=O)c1cc(F)ccc1Br)C(=O)Nc1ccc2c(c1)OCO2. The fourth-order valence-corrected chi connectivity index (χ4v) is 2.56. The Morgan fingerprint density at radius 2 is 1.96 bits per heavy atom. The van der Waals surface area contributed by atoms with Crippen molar-refractivity contribution in [2.24, 2.45) is 0 Å². The number of hydrogen-bond acceptors (Lipinski definition) is 5. The number of esters is 1. The summed E-state index contributed by atoms with van der Waals surface area (Å²) in [5, 5.41) is 2.62. The number of ether oxygens (including phenoxy) is 3. The summed E-state index contributed by atoms with van der Waals surface area (Å²) in [6.07, 6.45) is -1.08. The largest absolute Gasteiger partial charge is 0.454 e. The first-order valence-electron chi connectivity index (χ1n) is 7.30. The number of carbonyl (C=O) groups excluding carboxylic acids is 2. The topological polar surface area (TPSA) is 73.9 Å². The van der Waals surface area contributed by atoms with Gasteiger partial charge in [-0.2, -0.15) is 0 Å². The van der Waals surface area contributed by atoms with Crippen LogP contribution in [0, 0.1) is 5.82 Å². The van der Waals surface area contributed by atoms with E-state index in [-0.39, 0.29) is 12.4 Å².